The van der Waals surface area contributed by atoms with Crippen molar-refractivity contribution in [3.63, 3.8) is 0 Å². The Balaban J connectivity index is 0.00000361. The van der Waals surface area contributed by atoms with Gasteiger partial charge in [-0.1, -0.05) is 0 Å². The van der Waals surface area contributed by atoms with Gasteiger partial charge in [0.05, 0.1) is 6.54 Å². The molecule has 2 amide bonds. The number of nitrogens with two attached hydrogens (primary N) is 1. The smallest absolute Gasteiger partial charge is 0.289 e. The first kappa shape index (κ1) is 18.9. The zero-order chi connectivity index (χ0) is 14.4. The SMILES string of the molecule is CC(N)CCNC(=O)CN(C)C(=O)c1ccc(Br)o1.Cl. The maximum Gasteiger partial charge on any atom is 0.289 e. The third kappa shape index (κ3) is 6.40. The molecule has 6 nitrogen and oxygen atoms in total. The molecule has 0 fully saturated rings. The lowest BCUT2D eigenvalue weighted by molar-refractivity contribution is -0.121. The molecule has 114 valence electrons. The fraction of sp³-hybridized carbons (Fsp3) is 0.500. The molecule has 1 heterocycles. The summed E-state index contributed by atoms with van der Waals surface area (Å²) in [5.41, 5.74) is 5.57. The van der Waals surface area contributed by atoms with Gasteiger partial charge in [-0.2, -0.15) is 0 Å². The molecule has 8 heteroatoms. The maximum absolute atomic E-state index is 11.9. The number of nitrogens with one attached hydrogen (secondary N) is 1. The molecular weight excluding hydrogens is 350 g/mol. The molecule has 1 aromatic heterocycles. The van der Waals surface area contributed by atoms with Gasteiger partial charge >= 0.3 is 0 Å². The zero-order valence-electron chi connectivity index (χ0n) is 11.4. The van der Waals surface area contributed by atoms with Crippen molar-refractivity contribution in [2.45, 2.75) is 19.4 Å². The average molecular weight is 369 g/mol. The Morgan fingerprint density at radius 3 is 2.65 bits per heavy atom. The van der Waals surface area contributed by atoms with E-state index in [1.54, 1.807) is 19.2 Å². The first-order valence-electron chi connectivity index (χ1n) is 5.93. The van der Waals surface area contributed by atoms with Crippen molar-refractivity contribution in [3.05, 3.63) is 22.6 Å². The number of hydrogen-bond donors (Lipinski definition) is 2. The van der Waals surface area contributed by atoms with Crippen LogP contribution < -0.4 is 11.1 Å². The summed E-state index contributed by atoms with van der Waals surface area (Å²) in [6, 6.07) is 3.22. The number of likely N-dealkylation sites (N-methyl/N-ethyl adjacent to an activating group) is 1. The van der Waals surface area contributed by atoms with Crippen molar-refractivity contribution in [3.8, 4) is 0 Å². The summed E-state index contributed by atoms with van der Waals surface area (Å²) in [6.07, 6.45) is 0.703. The Bertz CT molecular complexity index is 451. The van der Waals surface area contributed by atoms with Crippen molar-refractivity contribution in [1.82, 2.24) is 10.2 Å². The molecule has 0 radical (unpaired) electrons. The molecular formula is C12H19BrClN3O3. The summed E-state index contributed by atoms with van der Waals surface area (Å²) in [7, 11) is 1.55. The highest BCUT2D eigenvalue weighted by atomic mass is 79.9. The number of amides is 2. The minimum atomic E-state index is -0.340. The standard InChI is InChI=1S/C12H18BrN3O3.ClH/c1-8(14)5-6-15-11(17)7-16(2)12(18)9-3-4-10(13)19-9;/h3-4,8H,5-7,14H2,1-2H3,(H,15,17);1H. The molecule has 0 spiro atoms. The predicted molar refractivity (Wildman–Crippen MR) is 81.9 cm³/mol. The molecule has 1 aromatic rings. The van der Waals surface area contributed by atoms with Crippen LogP contribution in [0.25, 0.3) is 0 Å². The van der Waals surface area contributed by atoms with Crippen molar-refractivity contribution < 1.29 is 14.0 Å². The van der Waals surface area contributed by atoms with E-state index in [1.165, 1.54) is 4.90 Å². The van der Waals surface area contributed by atoms with Crippen molar-refractivity contribution in [2.75, 3.05) is 20.1 Å². The normalized spacial score (nSPS) is 11.4. The zero-order valence-corrected chi connectivity index (χ0v) is 13.8. The Labute approximate surface area is 132 Å². The van der Waals surface area contributed by atoms with Gasteiger partial charge in [-0.25, -0.2) is 0 Å². The van der Waals surface area contributed by atoms with Gasteiger partial charge in [-0.05, 0) is 41.4 Å². The molecule has 1 atom stereocenters. The van der Waals surface area contributed by atoms with Crippen LogP contribution in [0.3, 0.4) is 0 Å². The third-order valence-corrected chi connectivity index (χ3v) is 2.86. The van der Waals surface area contributed by atoms with Gasteiger partial charge in [0.1, 0.15) is 0 Å². The van der Waals surface area contributed by atoms with E-state index in [1.807, 2.05) is 6.92 Å². The Kier molecular flexibility index (Phi) is 8.52. The number of furan rings is 1. The molecule has 3 N–H and O–H groups in total. The fourth-order valence-electron chi connectivity index (χ4n) is 1.40. The van der Waals surface area contributed by atoms with Crippen LogP contribution in [0.2, 0.25) is 0 Å². The highest BCUT2D eigenvalue weighted by molar-refractivity contribution is 9.10. The highest BCUT2D eigenvalue weighted by Crippen LogP contribution is 2.15. The molecule has 20 heavy (non-hydrogen) atoms. The molecule has 0 aromatic carbocycles. The van der Waals surface area contributed by atoms with E-state index in [4.69, 9.17) is 10.2 Å². The summed E-state index contributed by atoms with van der Waals surface area (Å²) in [5.74, 6) is -0.368. The fourth-order valence-corrected chi connectivity index (χ4v) is 1.71. The lowest BCUT2D eigenvalue weighted by atomic mass is 10.2. The topological polar surface area (TPSA) is 88.6 Å². The van der Waals surface area contributed by atoms with Gasteiger partial charge in [0.25, 0.3) is 5.91 Å². The van der Waals surface area contributed by atoms with Crippen molar-refractivity contribution >= 4 is 40.2 Å². The molecule has 0 saturated carbocycles. The molecule has 1 unspecified atom stereocenters. The van der Waals surface area contributed by atoms with Crippen LogP contribution in [0.4, 0.5) is 0 Å². The molecule has 0 aliphatic rings. The number of carbonyl (C=O) groups is 2. The number of nitrogens with zero attached hydrogens (tertiary/aromatic N) is 1. The Morgan fingerprint density at radius 1 is 1.50 bits per heavy atom. The molecule has 0 saturated heterocycles. The van der Waals surface area contributed by atoms with E-state index in [2.05, 4.69) is 21.2 Å². The molecule has 0 aliphatic heterocycles. The summed E-state index contributed by atoms with van der Waals surface area (Å²) < 4.78 is 5.62. The Morgan fingerprint density at radius 2 is 2.15 bits per heavy atom. The van der Waals surface area contributed by atoms with Gasteiger partial charge in [0.15, 0.2) is 10.4 Å². The minimum absolute atomic E-state index is 0. The second-order valence-corrected chi connectivity index (χ2v) is 5.16. The van der Waals surface area contributed by atoms with E-state index in [-0.39, 0.29) is 42.6 Å². The molecule has 1 rings (SSSR count). The first-order valence-corrected chi connectivity index (χ1v) is 6.72. The largest absolute Gasteiger partial charge is 0.444 e. The summed E-state index contributed by atoms with van der Waals surface area (Å²) in [6.45, 7) is 2.36. The van der Waals surface area contributed by atoms with E-state index in [0.29, 0.717) is 17.6 Å². The van der Waals surface area contributed by atoms with Gasteiger partial charge in [-0.15, -0.1) is 12.4 Å². The lowest BCUT2D eigenvalue weighted by Crippen LogP contribution is -2.39. The van der Waals surface area contributed by atoms with Gasteiger partial charge in [0, 0.05) is 19.6 Å². The lowest BCUT2D eigenvalue weighted by Gasteiger charge is -2.15. The van der Waals surface area contributed by atoms with Crippen molar-refractivity contribution in [1.29, 1.82) is 0 Å². The average Bonchev–Trinajstić information content (AvgIpc) is 2.74. The molecule has 0 bridgehead atoms. The van der Waals surface area contributed by atoms with E-state index in [0.717, 1.165) is 0 Å². The van der Waals surface area contributed by atoms with E-state index in [9.17, 15) is 9.59 Å². The maximum atomic E-state index is 11.9. The van der Waals surface area contributed by atoms with Crippen LogP contribution in [0.1, 0.15) is 23.9 Å². The van der Waals surface area contributed by atoms with Crippen LogP contribution in [0.15, 0.2) is 21.2 Å². The quantitative estimate of drug-likeness (QED) is 0.794. The van der Waals surface area contributed by atoms with E-state index >= 15 is 0 Å². The number of rotatable bonds is 6. The summed E-state index contributed by atoms with van der Waals surface area (Å²) in [5, 5.41) is 2.70. The second-order valence-electron chi connectivity index (χ2n) is 4.38. The number of hydrogen-bond acceptors (Lipinski definition) is 4. The van der Waals surface area contributed by atoms with Crippen LogP contribution >= 0.6 is 28.3 Å². The molecule has 0 aliphatic carbocycles. The van der Waals surface area contributed by atoms with Crippen LogP contribution in [0, 0.1) is 0 Å². The summed E-state index contributed by atoms with van der Waals surface area (Å²) >= 11 is 3.12. The number of carbonyl (C=O) groups excluding carboxylic acids is 2. The highest BCUT2D eigenvalue weighted by Gasteiger charge is 2.17. The monoisotopic (exact) mass is 367 g/mol. The van der Waals surface area contributed by atoms with Gasteiger partial charge < -0.3 is 20.4 Å². The van der Waals surface area contributed by atoms with Crippen LogP contribution in [-0.4, -0.2) is 42.9 Å². The third-order valence-electron chi connectivity index (χ3n) is 2.43. The van der Waals surface area contributed by atoms with Crippen LogP contribution in [-0.2, 0) is 4.79 Å². The van der Waals surface area contributed by atoms with E-state index < -0.39 is 0 Å². The van der Waals surface area contributed by atoms with Gasteiger partial charge in [0.2, 0.25) is 5.91 Å². The number of halogens is 2. The first-order chi connectivity index (χ1) is 8.90. The summed E-state index contributed by atoms with van der Waals surface area (Å²) in [4.78, 5) is 24.8. The second kappa shape index (κ2) is 8.99. The van der Waals surface area contributed by atoms with Crippen molar-refractivity contribution in [2.24, 2.45) is 5.73 Å². The Hall–Kier alpha value is -1.05. The van der Waals surface area contributed by atoms with Crippen LogP contribution in [0.5, 0.6) is 0 Å². The predicted octanol–water partition coefficient (Wildman–Crippen LogP) is 1.39. The minimum Gasteiger partial charge on any atom is -0.444 e. The van der Waals surface area contributed by atoms with Gasteiger partial charge in [-0.3, -0.25) is 9.59 Å².